The number of nitrogens with one attached hydrogen (secondary N) is 1. The average molecular weight is 296 g/mol. The summed E-state index contributed by atoms with van der Waals surface area (Å²) in [5.41, 5.74) is -0.773. The summed E-state index contributed by atoms with van der Waals surface area (Å²) < 4.78 is 38.7. The van der Waals surface area contributed by atoms with E-state index in [4.69, 9.17) is 5.26 Å². The molecule has 0 aromatic heterocycles. The molecular weight excluding hydrogens is 277 g/mol. The van der Waals surface area contributed by atoms with Gasteiger partial charge in [0, 0.05) is 12.2 Å². The highest BCUT2D eigenvalue weighted by atomic mass is 19.4. The van der Waals surface area contributed by atoms with Crippen molar-refractivity contribution >= 4 is 5.69 Å². The van der Waals surface area contributed by atoms with Gasteiger partial charge in [-0.05, 0) is 36.5 Å². The van der Waals surface area contributed by atoms with E-state index >= 15 is 0 Å². The van der Waals surface area contributed by atoms with Gasteiger partial charge in [0.25, 0.3) is 0 Å². The monoisotopic (exact) mass is 296 g/mol. The number of alkyl halides is 3. The van der Waals surface area contributed by atoms with Crippen LogP contribution >= 0.6 is 0 Å². The highest BCUT2D eigenvalue weighted by Crippen LogP contribution is 2.34. The predicted molar refractivity (Wildman–Crippen MR) is 75.8 cm³/mol. The molecule has 21 heavy (non-hydrogen) atoms. The number of benzene rings is 1. The van der Waals surface area contributed by atoms with Crippen molar-refractivity contribution in [2.45, 2.75) is 38.8 Å². The van der Waals surface area contributed by atoms with Gasteiger partial charge in [0.1, 0.15) is 0 Å². The van der Waals surface area contributed by atoms with Crippen LogP contribution in [0.15, 0.2) is 18.2 Å². The van der Waals surface area contributed by atoms with Gasteiger partial charge < -0.3 is 5.32 Å². The van der Waals surface area contributed by atoms with Gasteiger partial charge in [0.05, 0.1) is 17.2 Å². The molecule has 0 bridgehead atoms. The van der Waals surface area contributed by atoms with E-state index in [1.165, 1.54) is 25.3 Å². The molecule has 0 radical (unpaired) electrons. The van der Waals surface area contributed by atoms with Crippen molar-refractivity contribution in [3.05, 3.63) is 29.3 Å². The molecule has 1 saturated carbocycles. The van der Waals surface area contributed by atoms with Gasteiger partial charge in [0.15, 0.2) is 0 Å². The van der Waals surface area contributed by atoms with Gasteiger partial charge in [-0.1, -0.05) is 26.2 Å². The van der Waals surface area contributed by atoms with Crippen molar-refractivity contribution in [2.24, 2.45) is 11.8 Å². The fraction of sp³-hybridized carbons (Fsp3) is 0.562. The van der Waals surface area contributed by atoms with Gasteiger partial charge in [-0.15, -0.1) is 0 Å². The SMILES string of the molecule is CC1CCCCC1CNc1ccc(C#N)c(C(F)(F)F)c1. The van der Waals surface area contributed by atoms with Gasteiger partial charge >= 0.3 is 6.18 Å². The summed E-state index contributed by atoms with van der Waals surface area (Å²) in [4.78, 5) is 0. The largest absolute Gasteiger partial charge is 0.417 e. The second-order valence-corrected chi connectivity index (χ2v) is 5.77. The Labute approximate surface area is 123 Å². The van der Waals surface area contributed by atoms with Crippen LogP contribution in [0.3, 0.4) is 0 Å². The Morgan fingerprint density at radius 1 is 1.29 bits per heavy atom. The van der Waals surface area contributed by atoms with Gasteiger partial charge in [-0.25, -0.2) is 0 Å². The molecule has 1 aromatic rings. The molecule has 0 saturated heterocycles. The number of hydrogen-bond acceptors (Lipinski definition) is 2. The van der Waals surface area contributed by atoms with Crippen LogP contribution < -0.4 is 5.32 Å². The number of rotatable bonds is 3. The summed E-state index contributed by atoms with van der Waals surface area (Å²) in [7, 11) is 0. The smallest absolute Gasteiger partial charge is 0.385 e. The van der Waals surface area contributed by atoms with Crippen LogP contribution in [-0.4, -0.2) is 6.54 Å². The molecule has 1 N–H and O–H groups in total. The molecule has 0 spiro atoms. The molecule has 5 heteroatoms. The first-order chi connectivity index (χ1) is 9.91. The normalized spacial score (nSPS) is 22.6. The lowest BCUT2D eigenvalue weighted by Gasteiger charge is -2.29. The zero-order valence-corrected chi connectivity index (χ0v) is 12.0. The minimum absolute atomic E-state index is 0.334. The Morgan fingerprint density at radius 2 is 2.00 bits per heavy atom. The van der Waals surface area contributed by atoms with E-state index in [-0.39, 0.29) is 5.56 Å². The number of nitrogens with zero attached hydrogens (tertiary/aromatic N) is 1. The van der Waals surface area contributed by atoms with Gasteiger partial charge in [-0.3, -0.25) is 0 Å². The van der Waals surface area contributed by atoms with Crippen molar-refractivity contribution < 1.29 is 13.2 Å². The van der Waals surface area contributed by atoms with Crippen LogP contribution in [0.4, 0.5) is 18.9 Å². The number of hydrogen-bond donors (Lipinski definition) is 1. The number of anilines is 1. The third kappa shape index (κ3) is 3.90. The molecule has 1 aromatic carbocycles. The molecular formula is C16H19F3N2. The first-order valence-corrected chi connectivity index (χ1v) is 7.27. The molecule has 0 amide bonds. The lowest BCUT2D eigenvalue weighted by atomic mass is 9.80. The van der Waals surface area contributed by atoms with Crippen molar-refractivity contribution in [3.8, 4) is 6.07 Å². The van der Waals surface area contributed by atoms with Crippen molar-refractivity contribution in [1.82, 2.24) is 0 Å². The highest BCUT2D eigenvalue weighted by molar-refractivity contribution is 5.53. The van der Waals surface area contributed by atoms with E-state index in [9.17, 15) is 13.2 Å². The molecule has 2 unspecified atom stereocenters. The summed E-state index contributed by atoms with van der Waals surface area (Å²) in [5, 5.41) is 11.9. The molecule has 1 aliphatic rings. The summed E-state index contributed by atoms with van der Waals surface area (Å²) >= 11 is 0. The van der Waals surface area contributed by atoms with Crippen molar-refractivity contribution in [3.63, 3.8) is 0 Å². The lowest BCUT2D eigenvalue weighted by molar-refractivity contribution is -0.137. The maximum absolute atomic E-state index is 12.9. The fourth-order valence-corrected chi connectivity index (χ4v) is 2.93. The second-order valence-electron chi connectivity index (χ2n) is 5.77. The lowest BCUT2D eigenvalue weighted by Crippen LogP contribution is -2.24. The summed E-state index contributed by atoms with van der Waals surface area (Å²) in [5.74, 6) is 1.11. The molecule has 1 fully saturated rings. The van der Waals surface area contributed by atoms with E-state index in [1.807, 2.05) is 0 Å². The molecule has 2 rings (SSSR count). The average Bonchev–Trinajstić information content (AvgIpc) is 2.45. The molecule has 0 heterocycles. The predicted octanol–water partition coefficient (Wildman–Crippen LogP) is 4.82. The topological polar surface area (TPSA) is 35.8 Å². The Bertz CT molecular complexity index is 531. The quantitative estimate of drug-likeness (QED) is 0.868. The molecule has 2 nitrogen and oxygen atoms in total. The fourth-order valence-electron chi connectivity index (χ4n) is 2.93. The van der Waals surface area contributed by atoms with Crippen LogP contribution in [0, 0.1) is 23.2 Å². The molecule has 0 aliphatic heterocycles. The van der Waals surface area contributed by atoms with Crippen LogP contribution in [-0.2, 0) is 6.18 Å². The molecule has 114 valence electrons. The van der Waals surface area contributed by atoms with Crippen LogP contribution in [0.2, 0.25) is 0 Å². The zero-order chi connectivity index (χ0) is 15.5. The number of nitriles is 1. The van der Waals surface area contributed by atoms with Crippen molar-refractivity contribution in [2.75, 3.05) is 11.9 Å². The Hall–Kier alpha value is -1.70. The third-order valence-corrected chi connectivity index (χ3v) is 4.30. The number of halogens is 3. The highest BCUT2D eigenvalue weighted by Gasteiger charge is 2.34. The van der Waals surface area contributed by atoms with E-state index in [0.29, 0.717) is 24.1 Å². The van der Waals surface area contributed by atoms with Crippen LogP contribution in [0.25, 0.3) is 0 Å². The van der Waals surface area contributed by atoms with E-state index in [0.717, 1.165) is 12.5 Å². The molecule has 2 atom stereocenters. The first kappa shape index (κ1) is 15.7. The summed E-state index contributed by atoms with van der Waals surface area (Å²) in [6.07, 6.45) is 0.246. The van der Waals surface area contributed by atoms with E-state index in [1.54, 1.807) is 12.1 Å². The zero-order valence-electron chi connectivity index (χ0n) is 12.0. The van der Waals surface area contributed by atoms with Gasteiger partial charge in [0.2, 0.25) is 0 Å². The van der Waals surface area contributed by atoms with Crippen LogP contribution in [0.1, 0.15) is 43.7 Å². The Morgan fingerprint density at radius 3 is 2.62 bits per heavy atom. The second kappa shape index (κ2) is 6.38. The van der Waals surface area contributed by atoms with E-state index in [2.05, 4.69) is 12.2 Å². The Kier molecular flexibility index (Phi) is 4.76. The first-order valence-electron chi connectivity index (χ1n) is 7.27. The molecule has 1 aliphatic carbocycles. The Balaban J connectivity index is 2.09. The third-order valence-electron chi connectivity index (χ3n) is 4.30. The summed E-state index contributed by atoms with van der Waals surface area (Å²) in [6, 6.07) is 5.40. The van der Waals surface area contributed by atoms with E-state index < -0.39 is 11.7 Å². The summed E-state index contributed by atoms with van der Waals surface area (Å²) in [6.45, 7) is 2.88. The maximum Gasteiger partial charge on any atom is 0.417 e. The standard InChI is InChI=1S/C16H19F3N2/c1-11-4-2-3-5-13(11)10-21-14-7-6-12(9-20)15(8-14)16(17,18)19/h6-8,11,13,21H,2-5,10H2,1H3. The minimum Gasteiger partial charge on any atom is -0.385 e. The van der Waals surface area contributed by atoms with Crippen LogP contribution in [0.5, 0.6) is 0 Å². The maximum atomic E-state index is 12.9. The van der Waals surface area contributed by atoms with Crippen molar-refractivity contribution in [1.29, 1.82) is 5.26 Å². The van der Waals surface area contributed by atoms with Gasteiger partial charge in [-0.2, -0.15) is 18.4 Å². The minimum atomic E-state index is -4.50.